The molecule has 2 aromatic rings. The summed E-state index contributed by atoms with van der Waals surface area (Å²) in [4.78, 5) is 21.3. The van der Waals surface area contributed by atoms with Gasteiger partial charge >= 0.3 is 11.9 Å². The number of H-pyrrole nitrogens is 2. The molecule has 2 heterocycles. The third-order valence-corrected chi connectivity index (χ3v) is 3.24. The predicted octanol–water partition coefficient (Wildman–Crippen LogP) is 2.07. The molecule has 0 bridgehead atoms. The molecule has 8 nitrogen and oxygen atoms in total. The third-order valence-electron chi connectivity index (χ3n) is 2.27. The molecule has 0 aromatic carbocycles. The number of aryl methyl sites for hydroxylation is 2. The zero-order valence-corrected chi connectivity index (χ0v) is 13.3. The molecule has 0 fully saturated rings. The van der Waals surface area contributed by atoms with Crippen LogP contribution >= 0.6 is 15.9 Å². The van der Waals surface area contributed by atoms with Gasteiger partial charge in [-0.2, -0.15) is 10.2 Å². The van der Waals surface area contributed by atoms with Crippen LogP contribution in [0.3, 0.4) is 0 Å². The van der Waals surface area contributed by atoms with E-state index in [4.69, 9.17) is 9.84 Å². The maximum absolute atomic E-state index is 11.0. The zero-order chi connectivity index (χ0) is 16.0. The van der Waals surface area contributed by atoms with Crippen LogP contribution in [-0.4, -0.2) is 44.0 Å². The number of nitrogens with zero attached hydrogens (tertiary/aromatic N) is 2. The fourth-order valence-corrected chi connectivity index (χ4v) is 1.63. The Morgan fingerprint density at radius 3 is 2.33 bits per heavy atom. The van der Waals surface area contributed by atoms with Crippen molar-refractivity contribution in [1.82, 2.24) is 20.4 Å². The largest absolute Gasteiger partial charge is 0.476 e. The van der Waals surface area contributed by atoms with Crippen molar-refractivity contribution in [1.29, 1.82) is 0 Å². The Morgan fingerprint density at radius 2 is 2.00 bits per heavy atom. The number of halogens is 1. The maximum atomic E-state index is 11.0. The zero-order valence-electron chi connectivity index (χ0n) is 11.7. The Labute approximate surface area is 129 Å². The van der Waals surface area contributed by atoms with Crippen molar-refractivity contribution in [3.63, 3.8) is 0 Å². The Hall–Kier alpha value is -2.16. The van der Waals surface area contributed by atoms with Crippen molar-refractivity contribution in [2.24, 2.45) is 0 Å². The number of nitrogens with one attached hydrogen (secondary N) is 2. The molecule has 3 N–H and O–H groups in total. The van der Waals surface area contributed by atoms with Gasteiger partial charge in [0, 0.05) is 11.4 Å². The molecule has 0 atom stereocenters. The first kappa shape index (κ1) is 16.9. The maximum Gasteiger partial charge on any atom is 0.358 e. The topological polar surface area (TPSA) is 121 Å². The van der Waals surface area contributed by atoms with Gasteiger partial charge in [0.15, 0.2) is 11.4 Å². The van der Waals surface area contributed by atoms with Gasteiger partial charge in [0.1, 0.15) is 0 Å². The number of hydrogen-bond donors (Lipinski definition) is 3. The van der Waals surface area contributed by atoms with E-state index >= 15 is 0 Å². The van der Waals surface area contributed by atoms with Crippen LogP contribution in [0.5, 0.6) is 0 Å². The van der Waals surface area contributed by atoms with Crippen LogP contribution < -0.4 is 0 Å². The molecule has 2 aromatic heterocycles. The molecule has 2 rings (SSSR count). The lowest BCUT2D eigenvalue weighted by atomic mass is 10.4. The van der Waals surface area contributed by atoms with Crippen molar-refractivity contribution >= 4 is 27.9 Å². The number of aromatic nitrogens is 4. The number of hydrogen-bond acceptors (Lipinski definition) is 5. The minimum Gasteiger partial charge on any atom is -0.476 e. The van der Waals surface area contributed by atoms with Crippen LogP contribution in [0.4, 0.5) is 0 Å². The molecule has 9 heteroatoms. The van der Waals surface area contributed by atoms with E-state index in [0.29, 0.717) is 16.8 Å². The highest BCUT2D eigenvalue weighted by atomic mass is 79.9. The van der Waals surface area contributed by atoms with Crippen LogP contribution in [0.2, 0.25) is 0 Å². The van der Waals surface area contributed by atoms with Gasteiger partial charge in [-0.15, -0.1) is 0 Å². The summed E-state index contributed by atoms with van der Waals surface area (Å²) in [5, 5.41) is 20.9. The summed E-state index contributed by atoms with van der Waals surface area (Å²) in [6.45, 7) is 5.71. The van der Waals surface area contributed by atoms with Crippen LogP contribution in [0, 0.1) is 13.8 Å². The number of aromatic carboxylic acids is 1. The molecule has 0 unspecified atom stereocenters. The Balaban J connectivity index is 0.000000211. The molecular weight excluding hydrogens is 344 g/mol. The molecule has 0 amide bonds. The molecule has 0 saturated carbocycles. The Kier molecular flexibility index (Phi) is 6.10. The van der Waals surface area contributed by atoms with E-state index in [0.717, 1.165) is 11.4 Å². The van der Waals surface area contributed by atoms with Crippen LogP contribution in [0.15, 0.2) is 10.5 Å². The number of rotatable bonds is 3. The quantitative estimate of drug-likeness (QED) is 0.722. The van der Waals surface area contributed by atoms with E-state index in [9.17, 15) is 9.59 Å². The monoisotopic (exact) mass is 358 g/mol. The minimum absolute atomic E-state index is 0.0255. The van der Waals surface area contributed by atoms with Crippen molar-refractivity contribution < 1.29 is 19.4 Å². The number of ether oxygens (including phenoxy) is 1. The Morgan fingerprint density at radius 1 is 1.33 bits per heavy atom. The molecule has 21 heavy (non-hydrogen) atoms. The van der Waals surface area contributed by atoms with E-state index in [1.807, 2.05) is 6.92 Å². The summed E-state index contributed by atoms with van der Waals surface area (Å²) in [7, 11) is 0. The number of esters is 1. The van der Waals surface area contributed by atoms with E-state index in [1.165, 1.54) is 0 Å². The number of carboxylic acid groups (broad SMARTS) is 1. The molecule has 114 valence electrons. The van der Waals surface area contributed by atoms with Gasteiger partial charge in [0.2, 0.25) is 0 Å². The highest BCUT2D eigenvalue weighted by Gasteiger charge is 2.13. The lowest BCUT2D eigenvalue weighted by Crippen LogP contribution is -2.04. The van der Waals surface area contributed by atoms with Crippen LogP contribution in [0.25, 0.3) is 0 Å². The predicted molar refractivity (Wildman–Crippen MR) is 77.3 cm³/mol. The van der Waals surface area contributed by atoms with Crippen molar-refractivity contribution in [3.8, 4) is 0 Å². The first-order valence-electron chi connectivity index (χ1n) is 5.99. The summed E-state index contributed by atoms with van der Waals surface area (Å²) in [5.74, 6) is -1.41. The molecule has 0 aliphatic heterocycles. The fraction of sp³-hybridized carbons (Fsp3) is 0.333. The highest BCUT2D eigenvalue weighted by molar-refractivity contribution is 9.10. The fourth-order valence-electron chi connectivity index (χ4n) is 1.28. The van der Waals surface area contributed by atoms with E-state index in [2.05, 4.69) is 36.3 Å². The molecule has 0 saturated heterocycles. The van der Waals surface area contributed by atoms with E-state index < -0.39 is 5.97 Å². The summed E-state index contributed by atoms with van der Waals surface area (Å²) < 4.78 is 5.23. The average Bonchev–Trinajstić information content (AvgIpc) is 2.98. The average molecular weight is 359 g/mol. The molecule has 0 radical (unpaired) electrons. The van der Waals surface area contributed by atoms with Gasteiger partial charge in [-0.1, -0.05) is 0 Å². The third kappa shape index (κ3) is 4.71. The van der Waals surface area contributed by atoms with Crippen molar-refractivity contribution in [2.75, 3.05) is 6.61 Å². The normalized spacial score (nSPS) is 9.71. The SMILES string of the molecule is CCOC(=O)c1cc(C)[nH]n1.Cc1[nH]nc(C(=O)O)c1Br. The van der Waals surface area contributed by atoms with Crippen LogP contribution in [-0.2, 0) is 4.74 Å². The first-order chi connectivity index (χ1) is 9.86. The smallest absolute Gasteiger partial charge is 0.358 e. The number of carboxylic acids is 1. The van der Waals surface area contributed by atoms with E-state index in [-0.39, 0.29) is 11.7 Å². The van der Waals surface area contributed by atoms with Gasteiger partial charge in [0.05, 0.1) is 11.1 Å². The number of aromatic amines is 2. The summed E-state index contributed by atoms with van der Waals surface area (Å²) in [5.41, 5.74) is 1.94. The van der Waals surface area contributed by atoms with Gasteiger partial charge in [-0.05, 0) is 42.8 Å². The van der Waals surface area contributed by atoms with Crippen LogP contribution in [0.1, 0.15) is 39.3 Å². The van der Waals surface area contributed by atoms with Gasteiger partial charge in [0.25, 0.3) is 0 Å². The highest BCUT2D eigenvalue weighted by Crippen LogP contribution is 2.17. The van der Waals surface area contributed by atoms with Gasteiger partial charge in [-0.25, -0.2) is 9.59 Å². The van der Waals surface area contributed by atoms with Gasteiger partial charge in [-0.3, -0.25) is 10.2 Å². The summed E-state index contributed by atoms with van der Waals surface area (Å²) >= 11 is 3.08. The second kappa shape index (κ2) is 7.58. The molecular formula is C12H15BrN4O4. The second-order valence-corrected chi connectivity index (χ2v) is 4.77. The van der Waals surface area contributed by atoms with E-state index in [1.54, 1.807) is 19.9 Å². The van der Waals surface area contributed by atoms with Crippen molar-refractivity contribution in [2.45, 2.75) is 20.8 Å². The minimum atomic E-state index is -1.03. The number of carbonyl (C=O) groups is 2. The lowest BCUT2D eigenvalue weighted by molar-refractivity contribution is 0.0519. The standard InChI is InChI=1S/C7H10N2O2.C5H5BrN2O2/c1-3-11-7(10)6-4-5(2)8-9-6;1-2-3(6)4(5(9)10)8-7-2/h4H,3H2,1-2H3,(H,8,9);1H3,(H,7,8)(H,9,10). The molecule has 0 aliphatic carbocycles. The first-order valence-corrected chi connectivity index (χ1v) is 6.79. The summed E-state index contributed by atoms with van der Waals surface area (Å²) in [6.07, 6.45) is 0. The van der Waals surface area contributed by atoms with Crippen molar-refractivity contribution in [3.05, 3.63) is 33.3 Å². The molecule has 0 aliphatic rings. The summed E-state index contributed by atoms with van der Waals surface area (Å²) in [6, 6.07) is 1.65. The second-order valence-electron chi connectivity index (χ2n) is 3.97. The lowest BCUT2D eigenvalue weighted by Gasteiger charge is -1.94. The Bertz CT molecular complexity index is 635. The number of carbonyl (C=O) groups excluding carboxylic acids is 1. The molecule has 0 spiro atoms. The van der Waals surface area contributed by atoms with Gasteiger partial charge < -0.3 is 9.84 Å².